The van der Waals surface area contributed by atoms with Gasteiger partial charge in [0.05, 0.1) is 10.6 Å². The van der Waals surface area contributed by atoms with Gasteiger partial charge >= 0.3 is 5.97 Å². The molecule has 0 spiro atoms. The van der Waals surface area contributed by atoms with Crippen LogP contribution in [0.2, 0.25) is 5.02 Å². The molecule has 1 saturated carbocycles. The molecule has 19 heavy (non-hydrogen) atoms. The molecular weight excluding hydrogens is 282 g/mol. The van der Waals surface area contributed by atoms with E-state index in [1.165, 1.54) is 6.42 Å². The van der Waals surface area contributed by atoms with Gasteiger partial charge in [0.15, 0.2) is 0 Å². The Hall–Kier alpha value is -0.870. The molecule has 0 amide bonds. The van der Waals surface area contributed by atoms with Crippen molar-refractivity contribution in [1.29, 1.82) is 0 Å². The van der Waals surface area contributed by atoms with Crippen molar-refractivity contribution in [3.63, 3.8) is 0 Å². The van der Waals surface area contributed by atoms with Gasteiger partial charge in [-0.15, -0.1) is 0 Å². The van der Waals surface area contributed by atoms with Crippen molar-refractivity contribution in [2.75, 3.05) is 11.1 Å². The highest BCUT2D eigenvalue weighted by Crippen LogP contribution is 2.32. The molecule has 2 rings (SSSR count). The maximum Gasteiger partial charge on any atom is 0.337 e. The van der Waals surface area contributed by atoms with Gasteiger partial charge < -0.3 is 10.4 Å². The number of hydrogen-bond donors (Lipinski definition) is 2. The van der Waals surface area contributed by atoms with Gasteiger partial charge in [0.1, 0.15) is 0 Å². The maximum absolute atomic E-state index is 10.9. The van der Waals surface area contributed by atoms with Crippen molar-refractivity contribution in [2.24, 2.45) is 0 Å². The van der Waals surface area contributed by atoms with Crippen molar-refractivity contribution in [2.45, 2.75) is 37.5 Å². The van der Waals surface area contributed by atoms with Crippen LogP contribution in [-0.4, -0.2) is 28.1 Å². The third kappa shape index (κ3) is 3.80. The lowest BCUT2D eigenvalue weighted by atomic mass is 10.2. The van der Waals surface area contributed by atoms with E-state index in [1.807, 2.05) is 11.8 Å². The van der Waals surface area contributed by atoms with Crippen LogP contribution in [0, 0.1) is 0 Å². The molecule has 0 radical (unpaired) electrons. The van der Waals surface area contributed by atoms with E-state index in [9.17, 15) is 4.79 Å². The van der Waals surface area contributed by atoms with E-state index in [1.54, 1.807) is 18.2 Å². The molecule has 0 heterocycles. The van der Waals surface area contributed by atoms with Crippen LogP contribution >= 0.6 is 23.4 Å². The SMILES string of the molecule is CCSC1CCC(Nc2ccc(C(=O)O)c(Cl)c2)C1. The van der Waals surface area contributed by atoms with Gasteiger partial charge in [0.25, 0.3) is 0 Å². The van der Waals surface area contributed by atoms with E-state index in [4.69, 9.17) is 16.7 Å². The van der Waals surface area contributed by atoms with Crippen molar-refractivity contribution in [3.05, 3.63) is 28.8 Å². The molecule has 1 aromatic carbocycles. The van der Waals surface area contributed by atoms with E-state index in [0.29, 0.717) is 6.04 Å². The lowest BCUT2D eigenvalue weighted by Crippen LogP contribution is -2.16. The quantitative estimate of drug-likeness (QED) is 0.858. The van der Waals surface area contributed by atoms with Gasteiger partial charge in [-0.2, -0.15) is 11.8 Å². The number of carbonyl (C=O) groups is 1. The summed E-state index contributed by atoms with van der Waals surface area (Å²) < 4.78 is 0. The van der Waals surface area contributed by atoms with Crippen LogP contribution in [0.25, 0.3) is 0 Å². The predicted molar refractivity (Wildman–Crippen MR) is 81.6 cm³/mol. The highest BCUT2D eigenvalue weighted by molar-refractivity contribution is 7.99. The molecule has 2 N–H and O–H groups in total. The van der Waals surface area contributed by atoms with Crippen LogP contribution in [0.5, 0.6) is 0 Å². The van der Waals surface area contributed by atoms with Gasteiger partial charge in [-0.05, 0) is 43.2 Å². The summed E-state index contributed by atoms with van der Waals surface area (Å²) in [6.07, 6.45) is 3.57. The lowest BCUT2D eigenvalue weighted by Gasteiger charge is -2.15. The minimum Gasteiger partial charge on any atom is -0.478 e. The first-order valence-electron chi connectivity index (χ1n) is 6.51. The summed E-state index contributed by atoms with van der Waals surface area (Å²) in [6.45, 7) is 2.19. The number of aromatic carboxylic acids is 1. The van der Waals surface area contributed by atoms with Gasteiger partial charge in [-0.3, -0.25) is 0 Å². The Bertz CT molecular complexity index is 467. The van der Waals surface area contributed by atoms with Gasteiger partial charge in [0.2, 0.25) is 0 Å². The molecular formula is C14H18ClNO2S. The molecule has 1 fully saturated rings. The van der Waals surface area contributed by atoms with E-state index in [0.717, 1.165) is 29.5 Å². The Balaban J connectivity index is 1.97. The van der Waals surface area contributed by atoms with Gasteiger partial charge in [-0.25, -0.2) is 4.79 Å². The average molecular weight is 300 g/mol. The number of nitrogens with one attached hydrogen (secondary N) is 1. The normalized spacial score (nSPS) is 22.4. The minimum atomic E-state index is -0.989. The van der Waals surface area contributed by atoms with E-state index in [-0.39, 0.29) is 10.6 Å². The zero-order valence-electron chi connectivity index (χ0n) is 10.9. The highest BCUT2D eigenvalue weighted by Gasteiger charge is 2.24. The summed E-state index contributed by atoms with van der Waals surface area (Å²) in [6, 6.07) is 5.51. The van der Waals surface area contributed by atoms with Crippen molar-refractivity contribution in [1.82, 2.24) is 0 Å². The first kappa shape index (κ1) is 14.5. The maximum atomic E-state index is 10.9. The first-order valence-corrected chi connectivity index (χ1v) is 7.93. The Morgan fingerprint density at radius 2 is 2.32 bits per heavy atom. The molecule has 1 aliphatic rings. The molecule has 2 unspecified atom stereocenters. The monoisotopic (exact) mass is 299 g/mol. The summed E-state index contributed by atoms with van der Waals surface area (Å²) in [5, 5.41) is 13.4. The van der Waals surface area contributed by atoms with Crippen LogP contribution in [-0.2, 0) is 0 Å². The molecule has 2 atom stereocenters. The third-order valence-electron chi connectivity index (χ3n) is 3.36. The first-order chi connectivity index (χ1) is 9.10. The number of anilines is 1. The predicted octanol–water partition coefficient (Wildman–Crippen LogP) is 4.12. The standard InChI is InChI=1S/C14H18ClNO2S/c1-2-19-11-5-3-9(7-11)16-10-4-6-12(14(17)18)13(15)8-10/h4,6,8-9,11,16H,2-3,5,7H2,1H3,(H,17,18). The Labute approximate surface area is 122 Å². The van der Waals surface area contributed by atoms with Crippen LogP contribution in [0.4, 0.5) is 5.69 Å². The van der Waals surface area contributed by atoms with Crippen LogP contribution < -0.4 is 5.32 Å². The Morgan fingerprint density at radius 3 is 2.95 bits per heavy atom. The van der Waals surface area contributed by atoms with E-state index < -0.39 is 5.97 Å². The van der Waals surface area contributed by atoms with Crippen molar-refractivity contribution < 1.29 is 9.90 Å². The molecule has 0 aliphatic heterocycles. The molecule has 3 nitrogen and oxygen atoms in total. The molecule has 0 bridgehead atoms. The fourth-order valence-electron chi connectivity index (χ4n) is 2.47. The second-order valence-corrected chi connectivity index (χ2v) is 6.72. The number of carboxylic acid groups (broad SMARTS) is 1. The van der Waals surface area contributed by atoms with Crippen LogP contribution in [0.15, 0.2) is 18.2 Å². The summed E-state index contributed by atoms with van der Waals surface area (Å²) in [7, 11) is 0. The number of hydrogen-bond acceptors (Lipinski definition) is 3. The number of thioether (sulfide) groups is 1. The molecule has 1 aliphatic carbocycles. The summed E-state index contributed by atoms with van der Waals surface area (Å²) in [5.41, 5.74) is 1.06. The molecule has 0 aromatic heterocycles. The van der Waals surface area contributed by atoms with Gasteiger partial charge in [0, 0.05) is 17.0 Å². The Kier molecular flexibility index (Phi) is 4.99. The summed E-state index contributed by atoms with van der Waals surface area (Å²) in [5.74, 6) is 0.174. The second-order valence-electron chi connectivity index (χ2n) is 4.73. The van der Waals surface area contributed by atoms with Crippen LogP contribution in [0.3, 0.4) is 0 Å². The average Bonchev–Trinajstić information content (AvgIpc) is 2.76. The summed E-state index contributed by atoms with van der Waals surface area (Å²) in [4.78, 5) is 10.9. The number of rotatable bonds is 5. The molecule has 1 aromatic rings. The fourth-order valence-corrected chi connectivity index (χ4v) is 3.88. The minimum absolute atomic E-state index is 0.151. The molecule has 5 heteroatoms. The smallest absolute Gasteiger partial charge is 0.337 e. The number of carboxylic acids is 1. The zero-order chi connectivity index (χ0) is 13.8. The largest absolute Gasteiger partial charge is 0.478 e. The molecule has 104 valence electrons. The highest BCUT2D eigenvalue weighted by atomic mass is 35.5. The van der Waals surface area contributed by atoms with Crippen LogP contribution in [0.1, 0.15) is 36.5 Å². The van der Waals surface area contributed by atoms with E-state index >= 15 is 0 Å². The third-order valence-corrected chi connectivity index (χ3v) is 4.90. The van der Waals surface area contributed by atoms with Crippen molar-refractivity contribution in [3.8, 4) is 0 Å². The zero-order valence-corrected chi connectivity index (χ0v) is 12.4. The number of benzene rings is 1. The van der Waals surface area contributed by atoms with Crippen molar-refractivity contribution >= 4 is 35.0 Å². The second kappa shape index (κ2) is 6.53. The number of halogens is 1. The Morgan fingerprint density at radius 1 is 1.53 bits per heavy atom. The topological polar surface area (TPSA) is 49.3 Å². The molecule has 0 saturated heterocycles. The van der Waals surface area contributed by atoms with Gasteiger partial charge in [-0.1, -0.05) is 18.5 Å². The fraction of sp³-hybridized carbons (Fsp3) is 0.500. The summed E-state index contributed by atoms with van der Waals surface area (Å²) >= 11 is 7.98. The van der Waals surface area contributed by atoms with E-state index in [2.05, 4.69) is 12.2 Å². The lowest BCUT2D eigenvalue weighted by molar-refractivity contribution is 0.0697.